The standard InChI is InChI=1S/C19H28FN3O2/c1-25-18-5-4-16(14-17(18)20)22-9-11-23(12-10-22)19(24)13-15-3-2-7-21-8-6-15/h4-5,14-15,21H,2-3,6-13H2,1H3/t15-/m1/s1. The van der Waals surface area contributed by atoms with Gasteiger partial charge in [0.2, 0.25) is 5.91 Å². The van der Waals surface area contributed by atoms with Crippen molar-refractivity contribution in [3.8, 4) is 5.75 Å². The Kier molecular flexibility index (Phi) is 6.13. The highest BCUT2D eigenvalue weighted by Crippen LogP contribution is 2.25. The Bertz CT molecular complexity index is 580. The number of methoxy groups -OCH3 is 1. The molecular weight excluding hydrogens is 321 g/mol. The second-order valence-electron chi connectivity index (χ2n) is 6.94. The van der Waals surface area contributed by atoms with E-state index in [1.54, 1.807) is 6.07 Å². The van der Waals surface area contributed by atoms with Gasteiger partial charge in [0, 0.05) is 44.4 Å². The molecule has 2 aliphatic heterocycles. The van der Waals surface area contributed by atoms with Gasteiger partial charge in [-0.3, -0.25) is 4.79 Å². The first-order valence-corrected chi connectivity index (χ1v) is 9.24. The molecule has 1 atom stereocenters. The van der Waals surface area contributed by atoms with Crippen molar-refractivity contribution in [2.24, 2.45) is 5.92 Å². The number of carbonyl (C=O) groups excluding carboxylic acids is 1. The summed E-state index contributed by atoms with van der Waals surface area (Å²) in [6, 6.07) is 5.04. The van der Waals surface area contributed by atoms with E-state index in [1.165, 1.54) is 13.2 Å². The van der Waals surface area contributed by atoms with E-state index in [1.807, 2.05) is 11.0 Å². The number of rotatable bonds is 4. The van der Waals surface area contributed by atoms with Crippen LogP contribution in [0.25, 0.3) is 0 Å². The van der Waals surface area contributed by atoms with Crippen molar-refractivity contribution in [1.29, 1.82) is 0 Å². The molecule has 0 spiro atoms. The third-order valence-corrected chi connectivity index (χ3v) is 5.29. The van der Waals surface area contributed by atoms with Crippen LogP contribution in [0.5, 0.6) is 5.75 Å². The predicted molar refractivity (Wildman–Crippen MR) is 96.6 cm³/mol. The Morgan fingerprint density at radius 2 is 2.04 bits per heavy atom. The Labute approximate surface area is 149 Å². The normalized spacial score (nSPS) is 21.8. The molecule has 0 unspecified atom stereocenters. The minimum atomic E-state index is -0.347. The molecule has 5 nitrogen and oxygen atoms in total. The summed E-state index contributed by atoms with van der Waals surface area (Å²) in [6.45, 7) is 4.99. The number of hydrogen-bond donors (Lipinski definition) is 1. The van der Waals surface area contributed by atoms with E-state index in [-0.39, 0.29) is 17.5 Å². The lowest BCUT2D eigenvalue weighted by Crippen LogP contribution is -2.49. The largest absolute Gasteiger partial charge is 0.494 e. The van der Waals surface area contributed by atoms with Gasteiger partial charge in [-0.15, -0.1) is 0 Å². The third kappa shape index (κ3) is 4.63. The molecule has 0 aromatic heterocycles. The van der Waals surface area contributed by atoms with Gasteiger partial charge in [-0.2, -0.15) is 0 Å². The average Bonchev–Trinajstić information content (AvgIpc) is 2.90. The summed E-state index contributed by atoms with van der Waals surface area (Å²) in [7, 11) is 1.47. The second-order valence-corrected chi connectivity index (χ2v) is 6.94. The van der Waals surface area contributed by atoms with Gasteiger partial charge in [0.1, 0.15) is 0 Å². The fourth-order valence-electron chi connectivity index (χ4n) is 3.74. The number of halogens is 1. The molecule has 1 N–H and O–H groups in total. The van der Waals surface area contributed by atoms with E-state index in [9.17, 15) is 9.18 Å². The number of piperazine rings is 1. The first-order chi connectivity index (χ1) is 12.2. The minimum Gasteiger partial charge on any atom is -0.494 e. The van der Waals surface area contributed by atoms with E-state index >= 15 is 0 Å². The lowest BCUT2D eigenvalue weighted by molar-refractivity contribution is -0.132. The van der Waals surface area contributed by atoms with Crippen molar-refractivity contribution in [2.45, 2.75) is 25.7 Å². The van der Waals surface area contributed by atoms with Crippen molar-refractivity contribution >= 4 is 11.6 Å². The van der Waals surface area contributed by atoms with Crippen LogP contribution in [0.1, 0.15) is 25.7 Å². The quantitative estimate of drug-likeness (QED) is 0.906. The summed E-state index contributed by atoms with van der Waals surface area (Å²) in [5.74, 6) is 0.694. The molecule has 2 heterocycles. The molecule has 2 aliphatic rings. The summed E-state index contributed by atoms with van der Waals surface area (Å²) in [5.41, 5.74) is 0.847. The molecule has 25 heavy (non-hydrogen) atoms. The lowest BCUT2D eigenvalue weighted by Gasteiger charge is -2.36. The van der Waals surface area contributed by atoms with Crippen molar-refractivity contribution in [3.63, 3.8) is 0 Å². The maximum absolute atomic E-state index is 13.9. The predicted octanol–water partition coefficient (Wildman–Crippen LogP) is 2.26. The summed E-state index contributed by atoms with van der Waals surface area (Å²) in [5, 5.41) is 3.40. The smallest absolute Gasteiger partial charge is 0.222 e. The molecule has 6 heteroatoms. The molecule has 2 fully saturated rings. The van der Waals surface area contributed by atoms with Crippen LogP contribution in [0.4, 0.5) is 10.1 Å². The van der Waals surface area contributed by atoms with Crippen LogP contribution in [0.3, 0.4) is 0 Å². The molecule has 1 aromatic rings. The van der Waals surface area contributed by atoms with Crippen molar-refractivity contribution < 1.29 is 13.9 Å². The van der Waals surface area contributed by atoms with E-state index < -0.39 is 0 Å². The van der Waals surface area contributed by atoms with Crippen LogP contribution in [0.15, 0.2) is 18.2 Å². The third-order valence-electron chi connectivity index (χ3n) is 5.29. The van der Waals surface area contributed by atoms with Gasteiger partial charge < -0.3 is 19.9 Å². The van der Waals surface area contributed by atoms with E-state index in [2.05, 4.69) is 10.2 Å². The number of amides is 1. The number of benzene rings is 1. The van der Waals surface area contributed by atoms with Crippen molar-refractivity contribution in [3.05, 3.63) is 24.0 Å². The molecule has 1 aromatic carbocycles. The Balaban J connectivity index is 1.51. The zero-order valence-electron chi connectivity index (χ0n) is 15.0. The highest BCUT2D eigenvalue weighted by atomic mass is 19.1. The molecule has 0 radical (unpaired) electrons. The first-order valence-electron chi connectivity index (χ1n) is 9.24. The molecule has 0 saturated carbocycles. The van der Waals surface area contributed by atoms with Gasteiger partial charge in [-0.1, -0.05) is 0 Å². The van der Waals surface area contributed by atoms with Crippen LogP contribution in [-0.2, 0) is 4.79 Å². The number of anilines is 1. The summed E-state index contributed by atoms with van der Waals surface area (Å²) < 4.78 is 18.8. The average molecular weight is 349 g/mol. The van der Waals surface area contributed by atoms with Crippen LogP contribution in [-0.4, -0.2) is 57.2 Å². The fourth-order valence-corrected chi connectivity index (χ4v) is 3.74. The zero-order valence-corrected chi connectivity index (χ0v) is 15.0. The number of nitrogens with one attached hydrogen (secondary N) is 1. The Morgan fingerprint density at radius 3 is 2.76 bits per heavy atom. The molecule has 3 rings (SSSR count). The minimum absolute atomic E-state index is 0.260. The number of ether oxygens (including phenoxy) is 1. The van der Waals surface area contributed by atoms with Gasteiger partial charge >= 0.3 is 0 Å². The Morgan fingerprint density at radius 1 is 1.24 bits per heavy atom. The van der Waals surface area contributed by atoms with Gasteiger partial charge in [0.15, 0.2) is 11.6 Å². The van der Waals surface area contributed by atoms with Crippen molar-refractivity contribution in [1.82, 2.24) is 10.2 Å². The molecule has 138 valence electrons. The van der Waals surface area contributed by atoms with Gasteiger partial charge in [0.25, 0.3) is 0 Å². The Hall–Kier alpha value is -1.82. The molecule has 0 aliphatic carbocycles. The monoisotopic (exact) mass is 349 g/mol. The van der Waals surface area contributed by atoms with Crippen LogP contribution < -0.4 is 15.0 Å². The summed E-state index contributed by atoms with van der Waals surface area (Å²) in [6.07, 6.45) is 4.06. The SMILES string of the molecule is COc1ccc(N2CCN(C(=O)C[C@@H]3CCCNCC3)CC2)cc1F. The summed E-state index contributed by atoms with van der Waals surface area (Å²) >= 11 is 0. The van der Waals surface area contributed by atoms with Crippen LogP contribution >= 0.6 is 0 Å². The number of nitrogens with zero attached hydrogens (tertiary/aromatic N) is 2. The molecule has 1 amide bonds. The van der Waals surface area contributed by atoms with Crippen molar-refractivity contribution in [2.75, 3.05) is 51.3 Å². The van der Waals surface area contributed by atoms with E-state index in [4.69, 9.17) is 4.74 Å². The highest BCUT2D eigenvalue weighted by Gasteiger charge is 2.24. The zero-order chi connectivity index (χ0) is 17.6. The first kappa shape index (κ1) is 18.0. The van der Waals surface area contributed by atoms with Crippen LogP contribution in [0, 0.1) is 11.7 Å². The fraction of sp³-hybridized carbons (Fsp3) is 0.632. The van der Waals surface area contributed by atoms with E-state index in [0.717, 1.165) is 51.1 Å². The number of hydrogen-bond acceptors (Lipinski definition) is 4. The van der Waals surface area contributed by atoms with Gasteiger partial charge in [-0.05, 0) is 50.4 Å². The molecule has 0 bridgehead atoms. The molecule has 2 saturated heterocycles. The maximum Gasteiger partial charge on any atom is 0.222 e. The molecular formula is C19H28FN3O2. The summed E-state index contributed by atoms with van der Waals surface area (Å²) in [4.78, 5) is 16.7. The maximum atomic E-state index is 13.9. The van der Waals surface area contributed by atoms with E-state index in [0.29, 0.717) is 25.4 Å². The van der Waals surface area contributed by atoms with Crippen LogP contribution in [0.2, 0.25) is 0 Å². The highest BCUT2D eigenvalue weighted by molar-refractivity contribution is 5.76. The number of carbonyl (C=O) groups is 1. The second kappa shape index (κ2) is 8.52. The van der Waals surface area contributed by atoms with Gasteiger partial charge in [-0.25, -0.2) is 4.39 Å². The topological polar surface area (TPSA) is 44.8 Å². The lowest BCUT2D eigenvalue weighted by atomic mass is 9.96. The van der Waals surface area contributed by atoms with Gasteiger partial charge in [0.05, 0.1) is 7.11 Å².